The Labute approximate surface area is 171 Å². The smallest absolute Gasteiger partial charge is 0.0828 e. The third-order valence-electron chi connectivity index (χ3n) is 7.00. The molecule has 2 saturated heterocycles. The van der Waals surface area contributed by atoms with Crippen LogP contribution in [0.3, 0.4) is 0 Å². The van der Waals surface area contributed by atoms with Gasteiger partial charge in [0.25, 0.3) is 0 Å². The minimum Gasteiger partial charge on any atom is -0.813 e. The predicted octanol–water partition coefficient (Wildman–Crippen LogP) is 5.27. The summed E-state index contributed by atoms with van der Waals surface area (Å²) in [6.45, 7) is 19.8. The molecule has 0 bridgehead atoms. The number of rotatable bonds is 2. The number of ether oxygens (including phenoxy) is 2. The molecule has 0 amide bonds. The number of hydrogen-bond acceptors (Lipinski definition) is 4. The minimum atomic E-state index is -0.289. The lowest BCUT2D eigenvalue weighted by Gasteiger charge is -2.42. The van der Waals surface area contributed by atoms with Crippen molar-refractivity contribution in [2.75, 3.05) is 0 Å². The van der Waals surface area contributed by atoms with Crippen molar-refractivity contribution < 1.29 is 14.6 Å². The molecule has 0 aromatic heterocycles. The van der Waals surface area contributed by atoms with Gasteiger partial charge in [0, 0.05) is 0 Å². The fourth-order valence-electron chi connectivity index (χ4n) is 4.26. The highest BCUT2D eigenvalue weighted by molar-refractivity contribution is 7.37. The molecule has 0 saturated carbocycles. The molecule has 0 radical (unpaired) electrons. The van der Waals surface area contributed by atoms with E-state index in [0.717, 1.165) is 24.7 Å². The molecule has 3 nitrogen and oxygen atoms in total. The second-order valence-electron chi connectivity index (χ2n) is 8.36. The van der Waals surface area contributed by atoms with Crippen LogP contribution >= 0.6 is 0 Å². The lowest BCUT2D eigenvalue weighted by atomic mass is 9.76. The molecule has 160 valence electrons. The third kappa shape index (κ3) is 6.68. The van der Waals surface area contributed by atoms with Crippen LogP contribution < -0.4 is 0 Å². The first-order valence-electron chi connectivity index (χ1n) is 10.1. The molecule has 2 aliphatic heterocycles. The van der Waals surface area contributed by atoms with Crippen LogP contribution in [0.1, 0.15) is 82.6 Å². The third-order valence-corrected chi connectivity index (χ3v) is 7.00. The Bertz CT molecular complexity index is 322. The van der Waals surface area contributed by atoms with E-state index in [9.17, 15) is 5.11 Å². The second-order valence-corrected chi connectivity index (χ2v) is 8.36. The Morgan fingerprint density at radius 3 is 1.42 bits per heavy atom. The summed E-state index contributed by atoms with van der Waals surface area (Å²) in [7, 11) is 0. The van der Waals surface area contributed by atoms with Crippen LogP contribution in [0.4, 0.5) is 0 Å². The standard InChI is InChI=1S/C11H22O.C10H20O2.CH4.H2S/c1-6-11-9(4)7(2)8(3)10(5)12-11;1-5-9-6(2)7(3)10(11)8(4)12-9;;/h7-11H,6H2,1-5H3;6-11H,5H2,1-4H3;1H4;1H2/p-1/t7-,8?,9+,10-,11?;6-,7-,8+,9?,10?;;/m10../s1. The molecule has 0 aliphatic carbocycles. The van der Waals surface area contributed by atoms with Gasteiger partial charge >= 0.3 is 0 Å². The predicted molar refractivity (Wildman–Crippen MR) is 117 cm³/mol. The van der Waals surface area contributed by atoms with Crippen LogP contribution in [0.2, 0.25) is 0 Å². The summed E-state index contributed by atoms with van der Waals surface area (Å²) in [4.78, 5) is 0. The number of hydrogen-bond donors (Lipinski definition) is 1. The van der Waals surface area contributed by atoms with Crippen LogP contribution in [0.25, 0.3) is 0 Å². The van der Waals surface area contributed by atoms with Gasteiger partial charge in [-0.25, -0.2) is 0 Å². The molecule has 2 rings (SSSR count). The van der Waals surface area contributed by atoms with Crippen molar-refractivity contribution in [3.8, 4) is 0 Å². The topological polar surface area (TPSA) is 38.7 Å². The summed E-state index contributed by atoms with van der Waals surface area (Å²) < 4.78 is 11.6. The molecular formula is C22H47O3S-. The van der Waals surface area contributed by atoms with Crippen molar-refractivity contribution in [2.24, 2.45) is 29.6 Å². The largest absolute Gasteiger partial charge is 0.813 e. The molecule has 2 fully saturated rings. The zero-order valence-electron chi connectivity index (χ0n) is 17.9. The molecule has 10 atom stereocenters. The number of aliphatic hydroxyl groups is 1. The lowest BCUT2D eigenvalue weighted by molar-refractivity contribution is -0.161. The average Bonchev–Trinajstić information content (AvgIpc) is 2.58. The van der Waals surface area contributed by atoms with Crippen LogP contribution in [0.15, 0.2) is 0 Å². The zero-order chi connectivity index (χ0) is 18.6. The van der Waals surface area contributed by atoms with Gasteiger partial charge < -0.3 is 28.1 Å². The molecule has 1 N–H and O–H groups in total. The first-order valence-corrected chi connectivity index (χ1v) is 10.1. The van der Waals surface area contributed by atoms with E-state index < -0.39 is 0 Å². The Morgan fingerprint density at radius 1 is 0.615 bits per heavy atom. The second kappa shape index (κ2) is 12.6. The lowest BCUT2D eigenvalue weighted by Crippen LogP contribution is -2.47. The van der Waals surface area contributed by atoms with Gasteiger partial charge in [-0.05, 0) is 56.3 Å². The van der Waals surface area contributed by atoms with Gasteiger partial charge in [-0.1, -0.05) is 55.9 Å². The quantitative estimate of drug-likeness (QED) is 0.514. The van der Waals surface area contributed by atoms with Crippen molar-refractivity contribution in [1.29, 1.82) is 0 Å². The van der Waals surface area contributed by atoms with Crippen LogP contribution in [-0.4, -0.2) is 35.6 Å². The van der Waals surface area contributed by atoms with Gasteiger partial charge in [0.15, 0.2) is 0 Å². The minimum absolute atomic E-state index is 0. The molecule has 4 unspecified atom stereocenters. The van der Waals surface area contributed by atoms with E-state index in [2.05, 4.69) is 55.4 Å². The summed E-state index contributed by atoms with van der Waals surface area (Å²) in [6.07, 6.45) is 3.18. The Kier molecular flexibility index (Phi) is 13.8. The van der Waals surface area contributed by atoms with E-state index in [-0.39, 0.29) is 33.1 Å². The molecule has 0 aromatic rings. The number of thiol groups is 1. The van der Waals surface area contributed by atoms with E-state index in [1.165, 1.54) is 0 Å². The maximum absolute atomic E-state index is 9.70. The van der Waals surface area contributed by atoms with Crippen molar-refractivity contribution in [3.63, 3.8) is 0 Å². The average molecular weight is 392 g/mol. The highest BCUT2D eigenvalue weighted by Crippen LogP contribution is 2.35. The molecule has 0 aromatic carbocycles. The van der Waals surface area contributed by atoms with Crippen molar-refractivity contribution >= 4 is 13.5 Å². The fraction of sp³-hybridized carbons (Fsp3) is 1.00. The van der Waals surface area contributed by atoms with Crippen molar-refractivity contribution in [3.05, 3.63) is 0 Å². The zero-order valence-corrected chi connectivity index (χ0v) is 18.8. The Hall–Kier alpha value is 0.230. The van der Waals surface area contributed by atoms with E-state index in [0.29, 0.717) is 36.1 Å². The summed E-state index contributed by atoms with van der Waals surface area (Å²) in [5.41, 5.74) is 0. The molecule has 26 heavy (non-hydrogen) atoms. The molecule has 2 aliphatic rings. The van der Waals surface area contributed by atoms with Crippen molar-refractivity contribution in [2.45, 2.75) is 113 Å². The van der Waals surface area contributed by atoms with Crippen LogP contribution in [0, 0.1) is 29.6 Å². The van der Waals surface area contributed by atoms with Gasteiger partial charge in [0.1, 0.15) is 0 Å². The van der Waals surface area contributed by atoms with Gasteiger partial charge in [-0.2, -0.15) is 0 Å². The summed E-state index contributed by atoms with van der Waals surface area (Å²) in [5, 5.41) is 9.70. The van der Waals surface area contributed by atoms with E-state index in [4.69, 9.17) is 9.47 Å². The van der Waals surface area contributed by atoms with Gasteiger partial charge in [0.2, 0.25) is 0 Å². The monoisotopic (exact) mass is 391 g/mol. The molecule has 2 heterocycles. The Balaban J connectivity index is 0. The van der Waals surface area contributed by atoms with Crippen molar-refractivity contribution in [1.82, 2.24) is 0 Å². The highest BCUT2D eigenvalue weighted by Gasteiger charge is 2.37. The fourth-order valence-corrected chi connectivity index (χ4v) is 4.26. The first-order chi connectivity index (χ1) is 11.1. The summed E-state index contributed by atoms with van der Waals surface area (Å²) in [6, 6.07) is 0. The highest BCUT2D eigenvalue weighted by atomic mass is 32.1. The Morgan fingerprint density at radius 2 is 1.00 bits per heavy atom. The maximum Gasteiger partial charge on any atom is 0.0828 e. The molecule has 4 heteroatoms. The summed E-state index contributed by atoms with van der Waals surface area (Å²) in [5.74, 6) is 3.07. The maximum atomic E-state index is 9.70. The van der Waals surface area contributed by atoms with E-state index in [1.54, 1.807) is 0 Å². The number of aliphatic hydroxyl groups excluding tert-OH is 1. The molecule has 0 spiro atoms. The van der Waals surface area contributed by atoms with Crippen LogP contribution in [-0.2, 0) is 23.0 Å². The SMILES string of the molecule is C.CCC1O[C@H](C)C(C)[C@@H](C)[C@@H]1C.CCC1O[C@H](C)C(O)[C@@H](C)[C@@H]1C.[SH-]. The van der Waals surface area contributed by atoms with Gasteiger partial charge in [-0.15, -0.1) is 0 Å². The summed E-state index contributed by atoms with van der Waals surface area (Å²) >= 11 is 0. The van der Waals surface area contributed by atoms with Crippen LogP contribution in [0.5, 0.6) is 0 Å². The van der Waals surface area contributed by atoms with Gasteiger partial charge in [0.05, 0.1) is 30.5 Å². The first kappa shape index (κ1) is 28.4. The van der Waals surface area contributed by atoms with Gasteiger partial charge in [-0.3, -0.25) is 0 Å². The molecular weight excluding hydrogens is 344 g/mol. The van der Waals surface area contributed by atoms with E-state index >= 15 is 0 Å². The van der Waals surface area contributed by atoms with E-state index in [1.807, 2.05) is 6.92 Å². The normalized spacial score (nSPS) is 45.5.